The Morgan fingerprint density at radius 2 is 1.56 bits per heavy atom. The second-order valence-electron chi connectivity index (χ2n) is 8.35. The van der Waals surface area contributed by atoms with Gasteiger partial charge in [-0.2, -0.15) is 4.31 Å². The van der Waals surface area contributed by atoms with Crippen LogP contribution in [0.3, 0.4) is 0 Å². The Morgan fingerprint density at radius 1 is 0.971 bits per heavy atom. The van der Waals surface area contributed by atoms with Crippen molar-refractivity contribution in [2.45, 2.75) is 12.5 Å². The van der Waals surface area contributed by atoms with Crippen molar-refractivity contribution in [2.24, 2.45) is 0 Å². The van der Waals surface area contributed by atoms with Crippen molar-refractivity contribution in [2.75, 3.05) is 32.7 Å². The third-order valence-electron chi connectivity index (χ3n) is 6.10. The van der Waals surface area contributed by atoms with Gasteiger partial charge in [-0.1, -0.05) is 60.7 Å². The van der Waals surface area contributed by atoms with Crippen LogP contribution in [0.2, 0.25) is 0 Å². The summed E-state index contributed by atoms with van der Waals surface area (Å²) >= 11 is 0. The van der Waals surface area contributed by atoms with Gasteiger partial charge < -0.3 is 10.2 Å². The smallest absolute Gasteiger partial charge is 0.325 e. The SMILES string of the molecule is CC1(c2ccccc2)NC(=O)N(CC(=O)N2CCN(S(=O)(=O)/C=C/c3ccccc3)CC2)C1=O. The average Bonchev–Trinajstić information content (AvgIpc) is 3.08. The van der Waals surface area contributed by atoms with Crippen LogP contribution < -0.4 is 5.32 Å². The van der Waals surface area contributed by atoms with E-state index in [0.717, 1.165) is 15.9 Å². The first kappa shape index (κ1) is 23.7. The Hall–Kier alpha value is -3.50. The van der Waals surface area contributed by atoms with Gasteiger partial charge >= 0.3 is 6.03 Å². The first-order chi connectivity index (χ1) is 16.2. The fourth-order valence-corrected chi connectivity index (χ4v) is 5.22. The number of nitrogens with one attached hydrogen (secondary N) is 1. The molecule has 0 aliphatic carbocycles. The van der Waals surface area contributed by atoms with Crippen LogP contribution in [0.5, 0.6) is 0 Å². The normalized spacial score (nSPS) is 21.8. The molecule has 0 radical (unpaired) electrons. The Kier molecular flexibility index (Phi) is 6.54. The minimum Gasteiger partial charge on any atom is -0.338 e. The number of imide groups is 1. The molecule has 2 aliphatic rings. The highest BCUT2D eigenvalue weighted by molar-refractivity contribution is 7.92. The van der Waals surface area contributed by atoms with E-state index in [1.807, 2.05) is 24.3 Å². The molecule has 2 heterocycles. The molecule has 10 heteroatoms. The summed E-state index contributed by atoms with van der Waals surface area (Å²) in [5, 5.41) is 3.84. The van der Waals surface area contributed by atoms with E-state index in [2.05, 4.69) is 5.32 Å². The van der Waals surface area contributed by atoms with Crippen LogP contribution in [-0.4, -0.2) is 73.1 Å². The van der Waals surface area contributed by atoms with E-state index in [1.54, 1.807) is 43.3 Å². The van der Waals surface area contributed by atoms with Crippen LogP contribution in [0.4, 0.5) is 4.79 Å². The van der Waals surface area contributed by atoms with Gasteiger partial charge in [0.25, 0.3) is 5.91 Å². The van der Waals surface area contributed by atoms with Gasteiger partial charge in [0.15, 0.2) is 0 Å². The number of amides is 4. The molecule has 2 aliphatic heterocycles. The Labute approximate surface area is 198 Å². The molecule has 0 saturated carbocycles. The first-order valence-corrected chi connectivity index (χ1v) is 12.4. The van der Waals surface area contributed by atoms with Crippen molar-refractivity contribution in [3.63, 3.8) is 0 Å². The van der Waals surface area contributed by atoms with Crippen LogP contribution in [0.1, 0.15) is 18.1 Å². The monoisotopic (exact) mass is 482 g/mol. The van der Waals surface area contributed by atoms with Crippen LogP contribution in [-0.2, 0) is 25.2 Å². The van der Waals surface area contributed by atoms with Crippen molar-refractivity contribution >= 4 is 33.9 Å². The summed E-state index contributed by atoms with van der Waals surface area (Å²) in [7, 11) is -3.63. The number of hydrogen-bond acceptors (Lipinski definition) is 5. The second-order valence-corrected chi connectivity index (χ2v) is 10.2. The second kappa shape index (κ2) is 9.40. The molecule has 2 aromatic rings. The van der Waals surface area contributed by atoms with E-state index in [-0.39, 0.29) is 26.2 Å². The standard InChI is InChI=1S/C24H26N4O5S/c1-24(20-10-6-3-7-11-20)22(30)28(23(31)25-24)18-21(29)26-13-15-27(16-14-26)34(32,33)17-12-19-8-4-2-5-9-19/h2-12,17H,13-16,18H2,1H3,(H,25,31)/b17-12+. The predicted molar refractivity (Wildman–Crippen MR) is 127 cm³/mol. The minimum atomic E-state index is -3.63. The highest BCUT2D eigenvalue weighted by atomic mass is 32.2. The fraction of sp³-hybridized carbons (Fsp3) is 0.292. The lowest BCUT2D eigenvalue weighted by atomic mass is 9.92. The van der Waals surface area contributed by atoms with Gasteiger partial charge in [0.2, 0.25) is 15.9 Å². The topological polar surface area (TPSA) is 107 Å². The zero-order chi connectivity index (χ0) is 24.3. The van der Waals surface area contributed by atoms with Gasteiger partial charge in [-0.25, -0.2) is 13.2 Å². The molecule has 1 N–H and O–H groups in total. The summed E-state index contributed by atoms with van der Waals surface area (Å²) in [5.74, 6) is -0.901. The number of carbonyl (C=O) groups is 3. The zero-order valence-electron chi connectivity index (χ0n) is 18.8. The van der Waals surface area contributed by atoms with Gasteiger partial charge in [-0.15, -0.1) is 0 Å². The van der Waals surface area contributed by atoms with E-state index < -0.39 is 40.0 Å². The van der Waals surface area contributed by atoms with E-state index in [0.29, 0.717) is 5.56 Å². The molecular weight excluding hydrogens is 456 g/mol. The molecule has 2 aromatic carbocycles. The molecule has 0 spiro atoms. The zero-order valence-corrected chi connectivity index (χ0v) is 19.6. The van der Waals surface area contributed by atoms with E-state index >= 15 is 0 Å². The molecule has 2 saturated heterocycles. The third kappa shape index (κ3) is 4.73. The van der Waals surface area contributed by atoms with Gasteiger partial charge in [0, 0.05) is 31.6 Å². The highest BCUT2D eigenvalue weighted by Gasteiger charge is 2.49. The van der Waals surface area contributed by atoms with Gasteiger partial charge in [-0.05, 0) is 24.1 Å². The Morgan fingerprint density at radius 3 is 2.18 bits per heavy atom. The lowest BCUT2D eigenvalue weighted by Gasteiger charge is -2.34. The molecule has 0 bridgehead atoms. The first-order valence-electron chi connectivity index (χ1n) is 10.9. The van der Waals surface area contributed by atoms with Crippen molar-refractivity contribution in [3.05, 3.63) is 77.2 Å². The molecule has 34 heavy (non-hydrogen) atoms. The molecule has 1 atom stereocenters. The van der Waals surface area contributed by atoms with Gasteiger partial charge in [0.1, 0.15) is 12.1 Å². The summed E-state index contributed by atoms with van der Waals surface area (Å²) in [6.07, 6.45) is 1.54. The van der Waals surface area contributed by atoms with Crippen molar-refractivity contribution in [3.8, 4) is 0 Å². The predicted octanol–water partition coefficient (Wildman–Crippen LogP) is 1.60. The van der Waals surface area contributed by atoms with Crippen LogP contribution >= 0.6 is 0 Å². The van der Waals surface area contributed by atoms with Crippen LogP contribution in [0.25, 0.3) is 6.08 Å². The number of rotatable bonds is 6. The number of sulfonamides is 1. The summed E-state index contributed by atoms with van der Waals surface area (Å²) < 4.78 is 26.6. The van der Waals surface area contributed by atoms with Gasteiger partial charge in [-0.3, -0.25) is 14.5 Å². The Balaban J connectivity index is 1.35. The fourth-order valence-electron chi connectivity index (χ4n) is 4.05. The third-order valence-corrected chi connectivity index (χ3v) is 7.67. The molecule has 2 fully saturated rings. The molecule has 4 amide bonds. The number of urea groups is 1. The molecule has 9 nitrogen and oxygen atoms in total. The average molecular weight is 483 g/mol. The molecule has 1 unspecified atom stereocenters. The van der Waals surface area contributed by atoms with E-state index in [9.17, 15) is 22.8 Å². The quantitative estimate of drug-likeness (QED) is 0.630. The van der Waals surface area contributed by atoms with Crippen molar-refractivity contribution in [1.82, 2.24) is 19.4 Å². The van der Waals surface area contributed by atoms with Crippen molar-refractivity contribution < 1.29 is 22.8 Å². The minimum absolute atomic E-state index is 0.134. The number of piperazine rings is 1. The maximum atomic E-state index is 13.0. The molecule has 178 valence electrons. The maximum Gasteiger partial charge on any atom is 0.325 e. The lowest BCUT2D eigenvalue weighted by molar-refractivity contribution is -0.139. The summed E-state index contributed by atoms with van der Waals surface area (Å²) in [4.78, 5) is 40.7. The Bertz CT molecular complexity index is 1210. The largest absolute Gasteiger partial charge is 0.338 e. The number of nitrogens with zero attached hydrogens (tertiary/aromatic N) is 3. The summed E-state index contributed by atoms with van der Waals surface area (Å²) in [6.45, 7) is 1.84. The van der Waals surface area contributed by atoms with E-state index in [1.165, 1.54) is 15.3 Å². The van der Waals surface area contributed by atoms with Crippen LogP contribution in [0, 0.1) is 0 Å². The molecule has 0 aromatic heterocycles. The summed E-state index contributed by atoms with van der Waals surface area (Å²) in [6, 6.07) is 17.3. The molecule has 4 rings (SSSR count). The number of hydrogen-bond donors (Lipinski definition) is 1. The highest BCUT2D eigenvalue weighted by Crippen LogP contribution is 2.28. The summed E-state index contributed by atoms with van der Waals surface area (Å²) in [5.41, 5.74) is 0.165. The van der Waals surface area contributed by atoms with Crippen molar-refractivity contribution in [1.29, 1.82) is 0 Å². The van der Waals surface area contributed by atoms with Gasteiger partial charge in [0.05, 0.1) is 0 Å². The van der Waals surface area contributed by atoms with E-state index in [4.69, 9.17) is 0 Å². The number of benzene rings is 2. The lowest BCUT2D eigenvalue weighted by Crippen LogP contribution is -2.53. The number of carbonyl (C=O) groups excluding carboxylic acids is 3. The maximum absolute atomic E-state index is 13.0. The van der Waals surface area contributed by atoms with Crippen LogP contribution in [0.15, 0.2) is 66.1 Å². The molecular formula is C24H26N4O5S.